The molecular weight excluding hydrogens is 496 g/mol. The number of aliphatic hydroxyl groups excluding tert-OH is 1. The van der Waals surface area contributed by atoms with E-state index in [-0.39, 0.29) is 25.1 Å². The predicted octanol–water partition coefficient (Wildman–Crippen LogP) is 6.98. The average Bonchev–Trinajstić information content (AvgIpc) is 3.51. The van der Waals surface area contributed by atoms with Crippen LogP contribution >= 0.6 is 0 Å². The monoisotopic (exact) mass is 550 g/mol. The summed E-state index contributed by atoms with van der Waals surface area (Å²) in [6.07, 6.45) is 13.0. The molecule has 6 aliphatic rings. The molecule has 2 amide bonds. The van der Waals surface area contributed by atoms with Crippen molar-refractivity contribution in [2.24, 2.45) is 45.3 Å². The molecule has 5 nitrogen and oxygen atoms in total. The minimum atomic E-state index is -0.133. The molecule has 1 saturated heterocycles. The molecule has 1 aliphatic heterocycles. The van der Waals surface area contributed by atoms with Crippen molar-refractivity contribution in [3.63, 3.8) is 0 Å². The Morgan fingerprint density at radius 1 is 0.950 bits per heavy atom. The van der Waals surface area contributed by atoms with E-state index in [1.807, 2.05) is 25.1 Å². The van der Waals surface area contributed by atoms with Gasteiger partial charge in [0.2, 0.25) is 0 Å². The van der Waals surface area contributed by atoms with E-state index in [1.54, 1.807) is 4.90 Å². The van der Waals surface area contributed by atoms with Gasteiger partial charge in [0.15, 0.2) is 0 Å². The van der Waals surface area contributed by atoms with Crippen LogP contribution in [0, 0.1) is 45.3 Å². The van der Waals surface area contributed by atoms with Crippen LogP contribution < -0.4 is 0 Å². The predicted molar refractivity (Wildman–Crippen MR) is 160 cm³/mol. The topological polar surface area (TPSA) is 53.0 Å². The molecule has 1 aromatic carbocycles. The van der Waals surface area contributed by atoms with Gasteiger partial charge in [-0.15, -0.1) is 0 Å². The lowest BCUT2D eigenvalue weighted by Crippen LogP contribution is -2.54. The standard InChI is InChI=1S/C35H52N2O3.H2/c1-32(2)29-14-13-25-27-19-28-26(33(27,3)17-18-34(25)22-35(29,34)16-15-30(32)38)12-11-24(40-28)21-37(31(39)36(4)5)20-23-9-7-6-8-10-23;/h6-10,24-30,38H,11-22H2,1-5H3;1H/t24?,25?,26?,27?,28?,29?,30-,33?,34-,35?;/m0./s1. The van der Waals surface area contributed by atoms with E-state index in [1.165, 1.54) is 56.9 Å². The Morgan fingerprint density at radius 3 is 2.45 bits per heavy atom. The lowest BCUT2D eigenvalue weighted by atomic mass is 9.46. The zero-order chi connectivity index (χ0) is 28.1. The first-order valence-electron chi connectivity index (χ1n) is 16.4. The summed E-state index contributed by atoms with van der Waals surface area (Å²) >= 11 is 0. The summed E-state index contributed by atoms with van der Waals surface area (Å²) in [4.78, 5) is 16.9. The first kappa shape index (κ1) is 27.3. The molecule has 222 valence electrons. The van der Waals surface area contributed by atoms with Crippen molar-refractivity contribution in [3.05, 3.63) is 35.9 Å². The Morgan fingerprint density at radius 2 is 1.70 bits per heavy atom. The van der Waals surface area contributed by atoms with Crippen LogP contribution in [0.15, 0.2) is 30.3 Å². The van der Waals surface area contributed by atoms with Gasteiger partial charge in [-0.2, -0.15) is 0 Å². The third-order valence-electron chi connectivity index (χ3n) is 13.9. The van der Waals surface area contributed by atoms with E-state index >= 15 is 0 Å². The number of carbonyl (C=O) groups is 1. The van der Waals surface area contributed by atoms with Gasteiger partial charge in [-0.1, -0.05) is 51.1 Å². The van der Waals surface area contributed by atoms with Crippen LogP contribution in [-0.2, 0) is 11.3 Å². The fraction of sp³-hybridized carbons (Fsp3) is 0.800. The highest BCUT2D eigenvalue weighted by atomic mass is 16.5. The minimum absolute atomic E-state index is 0. The molecule has 0 radical (unpaired) electrons. The lowest BCUT2D eigenvalue weighted by Gasteiger charge is -2.59. The van der Waals surface area contributed by atoms with Gasteiger partial charge in [0, 0.05) is 28.6 Å². The van der Waals surface area contributed by atoms with E-state index < -0.39 is 0 Å². The molecule has 5 saturated carbocycles. The van der Waals surface area contributed by atoms with Crippen molar-refractivity contribution in [3.8, 4) is 0 Å². The zero-order valence-electron chi connectivity index (χ0n) is 25.6. The molecule has 8 unspecified atom stereocenters. The molecule has 1 heterocycles. The van der Waals surface area contributed by atoms with Crippen molar-refractivity contribution < 1.29 is 16.1 Å². The van der Waals surface area contributed by atoms with Gasteiger partial charge in [0.1, 0.15) is 0 Å². The number of fused-ring (bicyclic) bond motifs is 4. The fourth-order valence-electron chi connectivity index (χ4n) is 12.0. The second-order valence-corrected chi connectivity index (χ2v) is 16.0. The van der Waals surface area contributed by atoms with Crippen LogP contribution in [-0.4, -0.2) is 59.9 Å². The number of benzene rings is 1. The largest absolute Gasteiger partial charge is 0.393 e. The van der Waals surface area contributed by atoms with Gasteiger partial charge in [0.05, 0.1) is 18.3 Å². The number of hydrogen-bond acceptors (Lipinski definition) is 3. The van der Waals surface area contributed by atoms with Crippen LogP contribution in [0.2, 0.25) is 0 Å². The molecule has 10 atom stereocenters. The van der Waals surface area contributed by atoms with E-state index in [4.69, 9.17) is 4.74 Å². The number of amides is 2. The molecule has 0 bridgehead atoms. The van der Waals surface area contributed by atoms with Gasteiger partial charge in [-0.3, -0.25) is 0 Å². The van der Waals surface area contributed by atoms with Gasteiger partial charge in [0.25, 0.3) is 0 Å². The molecule has 6 fully saturated rings. The summed E-state index contributed by atoms with van der Waals surface area (Å²) in [5.74, 6) is 2.97. The number of carbonyl (C=O) groups excluding carboxylic acids is 1. The summed E-state index contributed by atoms with van der Waals surface area (Å²) in [7, 11) is 3.70. The highest BCUT2D eigenvalue weighted by Gasteiger charge is 2.80. The minimum Gasteiger partial charge on any atom is -0.393 e. The van der Waals surface area contributed by atoms with Gasteiger partial charge in [-0.05, 0) is 115 Å². The van der Waals surface area contributed by atoms with E-state index in [9.17, 15) is 9.90 Å². The number of rotatable bonds is 4. The van der Waals surface area contributed by atoms with Crippen LogP contribution in [0.1, 0.15) is 92.0 Å². The maximum absolute atomic E-state index is 13.2. The number of aliphatic hydroxyl groups is 1. The van der Waals surface area contributed by atoms with Crippen molar-refractivity contribution in [2.45, 2.75) is 110 Å². The summed E-state index contributed by atoms with van der Waals surface area (Å²) in [6.45, 7) is 8.66. The summed E-state index contributed by atoms with van der Waals surface area (Å²) in [5.41, 5.74) is 2.66. The lowest BCUT2D eigenvalue weighted by molar-refractivity contribution is -0.135. The Bertz CT molecular complexity index is 1140. The number of ether oxygens (including phenoxy) is 1. The molecule has 5 heteroatoms. The zero-order valence-corrected chi connectivity index (χ0v) is 25.6. The fourth-order valence-corrected chi connectivity index (χ4v) is 12.0. The molecule has 40 heavy (non-hydrogen) atoms. The number of urea groups is 1. The summed E-state index contributed by atoms with van der Waals surface area (Å²) in [6, 6.07) is 10.4. The summed E-state index contributed by atoms with van der Waals surface area (Å²) < 4.78 is 7.00. The highest BCUT2D eigenvalue weighted by Crippen LogP contribution is 2.87. The quantitative estimate of drug-likeness (QED) is 0.440. The van der Waals surface area contributed by atoms with Gasteiger partial charge < -0.3 is 19.6 Å². The summed E-state index contributed by atoms with van der Waals surface area (Å²) in [5, 5.41) is 10.9. The van der Waals surface area contributed by atoms with Crippen LogP contribution in [0.4, 0.5) is 4.79 Å². The Hall–Kier alpha value is -1.59. The van der Waals surface area contributed by atoms with Crippen molar-refractivity contribution >= 4 is 6.03 Å². The third kappa shape index (κ3) is 3.75. The molecule has 1 aromatic rings. The number of hydrogen-bond donors (Lipinski definition) is 1. The normalized spacial score (nSPS) is 46.2. The molecule has 5 aliphatic carbocycles. The smallest absolute Gasteiger partial charge is 0.319 e. The first-order chi connectivity index (χ1) is 19.0. The van der Waals surface area contributed by atoms with Gasteiger partial charge >= 0.3 is 6.03 Å². The molecule has 1 N–H and O–H groups in total. The third-order valence-corrected chi connectivity index (χ3v) is 13.9. The van der Waals surface area contributed by atoms with E-state index in [0.717, 1.165) is 24.7 Å². The van der Waals surface area contributed by atoms with Crippen molar-refractivity contribution in [2.75, 3.05) is 20.6 Å². The first-order valence-corrected chi connectivity index (χ1v) is 16.4. The SMILES string of the molecule is CN(C)C(=O)N(Cc1ccccc1)CC1CCC2C(CC3C4CCC5C(C)(C)[C@@H](O)CCC56C[C@@]46CCC23C)O1.[HH]. The van der Waals surface area contributed by atoms with Crippen molar-refractivity contribution in [1.82, 2.24) is 9.80 Å². The van der Waals surface area contributed by atoms with Gasteiger partial charge in [-0.25, -0.2) is 4.79 Å². The molecule has 0 aromatic heterocycles. The number of nitrogens with zero attached hydrogens (tertiary/aromatic N) is 2. The second kappa shape index (κ2) is 9.20. The Labute approximate surface area is 243 Å². The van der Waals surface area contributed by atoms with Crippen LogP contribution in [0.25, 0.3) is 0 Å². The molecular formula is C35H54N2O3. The average molecular weight is 551 g/mol. The molecule has 2 spiro atoms. The van der Waals surface area contributed by atoms with Crippen molar-refractivity contribution in [1.29, 1.82) is 0 Å². The van der Waals surface area contributed by atoms with Crippen LogP contribution in [0.3, 0.4) is 0 Å². The maximum Gasteiger partial charge on any atom is 0.319 e. The Balaban J connectivity index is 0.00000302. The van der Waals surface area contributed by atoms with Crippen LogP contribution in [0.5, 0.6) is 0 Å². The van der Waals surface area contributed by atoms with E-state index in [0.29, 0.717) is 47.3 Å². The Kier molecular flexibility index (Phi) is 6.27. The maximum atomic E-state index is 13.2. The van der Waals surface area contributed by atoms with E-state index in [2.05, 4.69) is 45.0 Å². The highest BCUT2D eigenvalue weighted by molar-refractivity contribution is 5.73. The molecule has 7 rings (SSSR count). The second-order valence-electron chi connectivity index (χ2n) is 16.0.